The van der Waals surface area contributed by atoms with Crippen molar-refractivity contribution in [3.05, 3.63) is 28.3 Å². The van der Waals surface area contributed by atoms with Gasteiger partial charge in [-0.1, -0.05) is 11.6 Å². The van der Waals surface area contributed by atoms with Gasteiger partial charge in [-0.15, -0.1) is 0 Å². The number of benzene rings is 1. The van der Waals surface area contributed by atoms with Gasteiger partial charge in [0.25, 0.3) is 0 Å². The SMILES string of the molecule is COc1cc(C)c(Cl)cc1CCOC(=O)CN. The van der Waals surface area contributed by atoms with Gasteiger partial charge in [0.15, 0.2) is 0 Å². The minimum Gasteiger partial charge on any atom is -0.496 e. The third-order valence-electron chi connectivity index (χ3n) is 2.36. The maximum Gasteiger partial charge on any atom is 0.319 e. The molecule has 2 N–H and O–H groups in total. The van der Waals surface area contributed by atoms with E-state index in [1.54, 1.807) is 7.11 Å². The van der Waals surface area contributed by atoms with Crippen molar-refractivity contribution in [2.45, 2.75) is 13.3 Å². The Bertz CT molecular complexity index is 407. The van der Waals surface area contributed by atoms with E-state index in [2.05, 4.69) is 0 Å². The first-order valence-corrected chi connectivity index (χ1v) is 5.65. The van der Waals surface area contributed by atoms with Crippen LogP contribution in [-0.2, 0) is 16.0 Å². The monoisotopic (exact) mass is 257 g/mol. The molecular formula is C12H16ClNO3. The summed E-state index contributed by atoms with van der Waals surface area (Å²) in [5.74, 6) is 0.331. The average molecular weight is 258 g/mol. The van der Waals surface area contributed by atoms with E-state index in [0.717, 1.165) is 16.9 Å². The van der Waals surface area contributed by atoms with Gasteiger partial charge in [-0.05, 0) is 30.2 Å². The number of methoxy groups -OCH3 is 1. The molecule has 0 aliphatic carbocycles. The lowest BCUT2D eigenvalue weighted by molar-refractivity contribution is -0.141. The van der Waals surface area contributed by atoms with Crippen molar-refractivity contribution in [3.63, 3.8) is 0 Å². The Kier molecular flexibility index (Phi) is 5.25. The van der Waals surface area contributed by atoms with Gasteiger partial charge in [-0.3, -0.25) is 4.79 Å². The number of carbonyl (C=O) groups excluding carboxylic acids is 1. The quantitative estimate of drug-likeness (QED) is 0.816. The first-order valence-electron chi connectivity index (χ1n) is 5.27. The molecule has 0 radical (unpaired) electrons. The second kappa shape index (κ2) is 6.47. The lowest BCUT2D eigenvalue weighted by atomic mass is 10.1. The summed E-state index contributed by atoms with van der Waals surface area (Å²) in [4.78, 5) is 10.9. The van der Waals surface area contributed by atoms with E-state index in [1.165, 1.54) is 0 Å². The first kappa shape index (κ1) is 13.8. The predicted octanol–water partition coefficient (Wildman–Crippen LogP) is 1.70. The Balaban J connectivity index is 2.69. The molecule has 4 nitrogen and oxygen atoms in total. The number of aryl methyl sites for hydroxylation is 1. The van der Waals surface area contributed by atoms with Gasteiger partial charge < -0.3 is 15.2 Å². The van der Waals surface area contributed by atoms with E-state index in [0.29, 0.717) is 11.4 Å². The van der Waals surface area contributed by atoms with E-state index in [4.69, 9.17) is 26.8 Å². The summed E-state index contributed by atoms with van der Waals surface area (Å²) >= 11 is 6.03. The molecule has 0 aliphatic heterocycles. The maximum atomic E-state index is 10.9. The summed E-state index contributed by atoms with van der Waals surface area (Å²) in [5.41, 5.74) is 6.99. The molecule has 1 aromatic carbocycles. The Hall–Kier alpha value is -1.26. The van der Waals surface area contributed by atoms with Crippen LogP contribution in [0.25, 0.3) is 0 Å². The molecule has 0 spiro atoms. The molecule has 0 saturated heterocycles. The molecule has 17 heavy (non-hydrogen) atoms. The molecule has 0 fully saturated rings. The molecule has 0 unspecified atom stereocenters. The predicted molar refractivity (Wildman–Crippen MR) is 66.5 cm³/mol. The third kappa shape index (κ3) is 3.91. The highest BCUT2D eigenvalue weighted by molar-refractivity contribution is 6.31. The van der Waals surface area contributed by atoms with Crippen LogP contribution in [0.1, 0.15) is 11.1 Å². The summed E-state index contributed by atoms with van der Waals surface area (Å²) in [6.45, 7) is 2.07. The Morgan fingerprint density at radius 1 is 1.47 bits per heavy atom. The molecule has 1 rings (SSSR count). The summed E-state index contributed by atoms with van der Waals surface area (Å²) in [6.07, 6.45) is 0.551. The number of ether oxygens (including phenoxy) is 2. The fourth-order valence-electron chi connectivity index (χ4n) is 1.42. The van der Waals surface area contributed by atoms with Gasteiger partial charge in [0.1, 0.15) is 5.75 Å². The highest BCUT2D eigenvalue weighted by Gasteiger charge is 2.08. The first-order chi connectivity index (χ1) is 8.08. The van der Waals surface area contributed by atoms with Gasteiger partial charge >= 0.3 is 5.97 Å². The number of esters is 1. The van der Waals surface area contributed by atoms with Crippen molar-refractivity contribution < 1.29 is 14.3 Å². The van der Waals surface area contributed by atoms with E-state index >= 15 is 0 Å². The van der Waals surface area contributed by atoms with Crippen LogP contribution in [0.3, 0.4) is 0 Å². The lowest BCUT2D eigenvalue weighted by Crippen LogP contribution is -2.18. The standard InChI is InChI=1S/C12H16ClNO3/c1-8-5-11(16-2)9(6-10(8)13)3-4-17-12(15)7-14/h5-6H,3-4,7,14H2,1-2H3. The van der Waals surface area contributed by atoms with Crippen LogP contribution in [0.15, 0.2) is 12.1 Å². The Morgan fingerprint density at radius 2 is 2.18 bits per heavy atom. The zero-order chi connectivity index (χ0) is 12.8. The normalized spacial score (nSPS) is 10.1. The van der Waals surface area contributed by atoms with E-state index in [1.807, 2.05) is 19.1 Å². The molecule has 0 atom stereocenters. The van der Waals surface area contributed by atoms with Crippen molar-refractivity contribution in [3.8, 4) is 5.75 Å². The van der Waals surface area contributed by atoms with Crippen molar-refractivity contribution in [1.82, 2.24) is 0 Å². The molecule has 0 aromatic heterocycles. The van der Waals surface area contributed by atoms with Crippen LogP contribution in [0.4, 0.5) is 0 Å². The number of halogens is 1. The number of nitrogens with two attached hydrogens (primary N) is 1. The molecule has 0 heterocycles. The molecule has 0 amide bonds. The number of carbonyl (C=O) groups is 1. The molecule has 0 saturated carbocycles. The third-order valence-corrected chi connectivity index (χ3v) is 2.77. The summed E-state index contributed by atoms with van der Waals surface area (Å²) in [5, 5.41) is 0.672. The summed E-state index contributed by atoms with van der Waals surface area (Å²) in [6, 6.07) is 3.69. The minimum absolute atomic E-state index is 0.105. The highest BCUT2D eigenvalue weighted by Crippen LogP contribution is 2.26. The van der Waals surface area contributed by atoms with Gasteiger partial charge in [-0.2, -0.15) is 0 Å². The van der Waals surface area contributed by atoms with Crippen molar-refractivity contribution in [2.24, 2.45) is 5.73 Å². The lowest BCUT2D eigenvalue weighted by Gasteiger charge is -2.11. The highest BCUT2D eigenvalue weighted by atomic mass is 35.5. The van der Waals surface area contributed by atoms with Crippen LogP contribution in [0.5, 0.6) is 5.75 Å². The number of hydrogen-bond acceptors (Lipinski definition) is 4. The summed E-state index contributed by atoms with van der Waals surface area (Å²) < 4.78 is 10.1. The largest absolute Gasteiger partial charge is 0.496 e. The molecule has 1 aromatic rings. The zero-order valence-electron chi connectivity index (χ0n) is 9.96. The second-order valence-electron chi connectivity index (χ2n) is 3.59. The van der Waals surface area contributed by atoms with E-state index < -0.39 is 5.97 Å². The molecule has 94 valence electrons. The Morgan fingerprint density at radius 3 is 2.76 bits per heavy atom. The van der Waals surface area contributed by atoms with Crippen molar-refractivity contribution in [2.75, 3.05) is 20.3 Å². The maximum absolute atomic E-state index is 10.9. The van der Waals surface area contributed by atoms with Crippen molar-refractivity contribution >= 4 is 17.6 Å². The zero-order valence-corrected chi connectivity index (χ0v) is 10.7. The smallest absolute Gasteiger partial charge is 0.319 e. The Labute approximate surface area is 106 Å². The van der Waals surface area contributed by atoms with Crippen LogP contribution in [-0.4, -0.2) is 26.2 Å². The van der Waals surface area contributed by atoms with Crippen LogP contribution < -0.4 is 10.5 Å². The number of rotatable bonds is 5. The van der Waals surface area contributed by atoms with Crippen LogP contribution >= 0.6 is 11.6 Å². The molecule has 0 aliphatic rings. The van der Waals surface area contributed by atoms with E-state index in [9.17, 15) is 4.79 Å². The summed E-state index contributed by atoms with van der Waals surface area (Å²) in [7, 11) is 1.60. The van der Waals surface area contributed by atoms with Gasteiger partial charge in [0.05, 0.1) is 20.3 Å². The fourth-order valence-corrected chi connectivity index (χ4v) is 1.60. The van der Waals surface area contributed by atoms with Gasteiger partial charge in [-0.25, -0.2) is 0 Å². The van der Waals surface area contributed by atoms with E-state index in [-0.39, 0.29) is 13.2 Å². The topological polar surface area (TPSA) is 61.5 Å². The van der Waals surface area contributed by atoms with Crippen LogP contribution in [0, 0.1) is 6.92 Å². The average Bonchev–Trinajstić information content (AvgIpc) is 2.32. The fraction of sp³-hybridized carbons (Fsp3) is 0.417. The van der Waals surface area contributed by atoms with Crippen LogP contribution in [0.2, 0.25) is 5.02 Å². The molecular weight excluding hydrogens is 242 g/mol. The van der Waals surface area contributed by atoms with Gasteiger partial charge in [0.2, 0.25) is 0 Å². The minimum atomic E-state index is -0.415. The second-order valence-corrected chi connectivity index (χ2v) is 4.00. The van der Waals surface area contributed by atoms with Crippen molar-refractivity contribution in [1.29, 1.82) is 0 Å². The molecule has 5 heteroatoms. The van der Waals surface area contributed by atoms with Gasteiger partial charge in [0, 0.05) is 11.4 Å². The number of hydrogen-bond donors (Lipinski definition) is 1. The molecule has 0 bridgehead atoms.